The van der Waals surface area contributed by atoms with Crippen LogP contribution in [-0.4, -0.2) is 94.5 Å². The number of piperidine rings is 1. The number of amides is 3. The van der Waals surface area contributed by atoms with Gasteiger partial charge in [-0.25, -0.2) is 8.42 Å². The fourth-order valence-corrected chi connectivity index (χ4v) is 5.55. The van der Waals surface area contributed by atoms with Crippen molar-refractivity contribution in [2.45, 2.75) is 36.4 Å². The molecule has 2 fully saturated rings. The van der Waals surface area contributed by atoms with Crippen LogP contribution in [0.2, 0.25) is 0 Å². The molecule has 0 bridgehead atoms. The van der Waals surface area contributed by atoms with Gasteiger partial charge in [-0.1, -0.05) is 6.07 Å². The summed E-state index contributed by atoms with van der Waals surface area (Å²) in [6.07, 6.45) is -2.67. The van der Waals surface area contributed by atoms with E-state index in [-0.39, 0.29) is 43.5 Å². The zero-order valence-corrected chi connectivity index (χ0v) is 20.4. The summed E-state index contributed by atoms with van der Waals surface area (Å²) in [6, 6.07) is 2.12. The Labute approximate surface area is 206 Å². The van der Waals surface area contributed by atoms with E-state index in [4.69, 9.17) is 10.5 Å². The number of alkyl halides is 3. The van der Waals surface area contributed by atoms with Crippen LogP contribution in [0.15, 0.2) is 23.1 Å². The molecule has 2 aliphatic rings. The van der Waals surface area contributed by atoms with Crippen molar-refractivity contribution >= 4 is 33.4 Å². The maximum Gasteiger partial charge on any atom is 0.401 e. The third-order valence-corrected chi connectivity index (χ3v) is 7.40. The van der Waals surface area contributed by atoms with Gasteiger partial charge in [0.2, 0.25) is 21.8 Å². The molecule has 3 amide bonds. The molecule has 0 saturated carbocycles. The van der Waals surface area contributed by atoms with E-state index < -0.39 is 45.5 Å². The van der Waals surface area contributed by atoms with Gasteiger partial charge in [-0.2, -0.15) is 17.9 Å². The van der Waals surface area contributed by atoms with Gasteiger partial charge in [0.1, 0.15) is 4.90 Å². The fourth-order valence-electron chi connectivity index (χ4n) is 4.21. The second-order valence-corrected chi connectivity index (χ2v) is 10.2. The van der Waals surface area contributed by atoms with Crippen LogP contribution in [0.5, 0.6) is 5.75 Å². The number of ether oxygens (including phenoxy) is 1. The minimum absolute atomic E-state index is 0.108. The Balaban J connectivity index is 1.81. The van der Waals surface area contributed by atoms with Gasteiger partial charge >= 0.3 is 6.18 Å². The molecule has 0 aromatic heterocycles. The van der Waals surface area contributed by atoms with Crippen LogP contribution in [0, 0.1) is 0 Å². The molecular weight excluding hydrogens is 507 g/mol. The van der Waals surface area contributed by atoms with Gasteiger partial charge in [0.25, 0.3) is 5.91 Å². The minimum atomic E-state index is -4.56. The maximum atomic E-state index is 13.2. The first-order chi connectivity index (χ1) is 16.8. The summed E-state index contributed by atoms with van der Waals surface area (Å²) in [4.78, 5) is 40.6. The van der Waals surface area contributed by atoms with Gasteiger partial charge in [0.05, 0.1) is 19.3 Å². The van der Waals surface area contributed by atoms with Crippen LogP contribution < -0.4 is 20.1 Å². The van der Waals surface area contributed by atoms with E-state index >= 15 is 0 Å². The number of hydrogen-bond donors (Lipinski definition) is 2. The van der Waals surface area contributed by atoms with Crippen molar-refractivity contribution in [1.29, 1.82) is 0 Å². The fraction of sp³-hybridized carbons (Fsp3) is 0.571. The largest absolute Gasteiger partial charge is 0.493 e. The monoisotopic (exact) mass is 535 g/mol. The molecule has 200 valence electrons. The maximum absolute atomic E-state index is 13.2. The highest BCUT2D eigenvalue weighted by molar-refractivity contribution is 7.89. The average Bonchev–Trinajstić information content (AvgIpc) is 2.81. The van der Waals surface area contributed by atoms with Crippen molar-refractivity contribution in [2.24, 2.45) is 5.73 Å². The van der Waals surface area contributed by atoms with E-state index in [0.717, 1.165) is 16.2 Å². The van der Waals surface area contributed by atoms with Crippen molar-refractivity contribution in [3.63, 3.8) is 0 Å². The molecule has 36 heavy (non-hydrogen) atoms. The molecular formula is C21H28F3N5O6S. The lowest BCUT2D eigenvalue weighted by molar-refractivity contribution is -0.152. The molecule has 0 spiro atoms. The Morgan fingerprint density at radius 2 is 1.81 bits per heavy atom. The molecule has 0 radical (unpaired) electrons. The van der Waals surface area contributed by atoms with E-state index in [1.807, 2.05) is 4.72 Å². The van der Waals surface area contributed by atoms with Gasteiger partial charge in [0.15, 0.2) is 11.8 Å². The van der Waals surface area contributed by atoms with Gasteiger partial charge in [-0.3, -0.25) is 19.3 Å². The quantitative estimate of drug-likeness (QED) is 0.448. The Bertz CT molecular complexity index is 1110. The number of nitrogens with two attached hydrogens (primary N) is 1. The predicted octanol–water partition coefficient (Wildman–Crippen LogP) is 0.0508. The van der Waals surface area contributed by atoms with Crippen LogP contribution in [0.3, 0.4) is 0 Å². The van der Waals surface area contributed by atoms with Crippen molar-refractivity contribution in [2.75, 3.05) is 51.3 Å². The first kappa shape index (κ1) is 27.7. The Hall–Kier alpha value is -2.91. The summed E-state index contributed by atoms with van der Waals surface area (Å²) >= 11 is 0. The molecule has 1 aromatic carbocycles. The number of nitrogens with one attached hydrogen (secondary N) is 1. The van der Waals surface area contributed by atoms with Crippen LogP contribution in [-0.2, 0) is 24.4 Å². The SMILES string of the molecule is COc1c(N2CCCCC2=O)cccc1S(=O)(=O)N[C@@H](C(N)=O)C(=O)N1CCN(CC(F)(F)F)CC1. The molecule has 1 atom stereocenters. The molecule has 3 rings (SSSR count). The number of primary amides is 1. The summed E-state index contributed by atoms with van der Waals surface area (Å²) in [6.45, 7) is -1.27. The van der Waals surface area contributed by atoms with Gasteiger partial charge < -0.3 is 20.3 Å². The number of methoxy groups -OCH3 is 1. The standard InChI is InChI=1S/C21H28F3N5O6S/c1-35-18-14(29-8-3-2-7-16(29)30)5-4-6-15(18)36(33,34)26-17(19(25)31)20(32)28-11-9-27(10-12-28)13-21(22,23)24/h4-6,17,26H,2-3,7-13H2,1H3,(H2,25,31)/t17-/m0/s1. The number of rotatable bonds is 8. The highest BCUT2D eigenvalue weighted by atomic mass is 32.2. The second kappa shape index (κ2) is 11.0. The number of carbonyl (C=O) groups excluding carboxylic acids is 3. The van der Waals surface area contributed by atoms with Crippen molar-refractivity contribution in [3.8, 4) is 5.75 Å². The normalized spacial score (nSPS) is 18.7. The number of halogens is 3. The van der Waals surface area contributed by atoms with E-state index in [9.17, 15) is 36.0 Å². The smallest absolute Gasteiger partial charge is 0.401 e. The molecule has 3 N–H and O–H groups in total. The summed E-state index contributed by atoms with van der Waals surface area (Å²) in [5.74, 6) is -2.59. The molecule has 1 aromatic rings. The third kappa shape index (κ3) is 6.44. The number of benzene rings is 1. The molecule has 0 unspecified atom stereocenters. The molecule has 2 saturated heterocycles. The Kier molecular flexibility index (Phi) is 8.46. The zero-order valence-electron chi connectivity index (χ0n) is 19.6. The van der Waals surface area contributed by atoms with Crippen LogP contribution in [0.25, 0.3) is 0 Å². The Morgan fingerprint density at radius 3 is 2.36 bits per heavy atom. The number of piperazine rings is 1. The summed E-state index contributed by atoms with van der Waals surface area (Å²) in [5, 5.41) is 0. The summed E-state index contributed by atoms with van der Waals surface area (Å²) in [7, 11) is -3.34. The molecule has 11 nitrogen and oxygen atoms in total. The highest BCUT2D eigenvalue weighted by Gasteiger charge is 2.38. The lowest BCUT2D eigenvalue weighted by atomic mass is 10.1. The number of hydrogen-bond acceptors (Lipinski definition) is 7. The first-order valence-electron chi connectivity index (χ1n) is 11.2. The number of para-hydroxylation sites is 1. The number of anilines is 1. The van der Waals surface area contributed by atoms with Crippen LogP contribution >= 0.6 is 0 Å². The van der Waals surface area contributed by atoms with Crippen molar-refractivity contribution in [1.82, 2.24) is 14.5 Å². The number of carbonyl (C=O) groups is 3. The lowest BCUT2D eigenvalue weighted by Crippen LogP contribution is -2.59. The zero-order chi connectivity index (χ0) is 26.7. The lowest BCUT2D eigenvalue weighted by Gasteiger charge is -2.36. The predicted molar refractivity (Wildman–Crippen MR) is 122 cm³/mol. The van der Waals surface area contributed by atoms with Gasteiger partial charge in [-0.05, 0) is 25.0 Å². The summed E-state index contributed by atoms with van der Waals surface area (Å²) in [5.41, 5.74) is 5.55. The third-order valence-electron chi connectivity index (χ3n) is 5.96. The molecule has 2 aliphatic heterocycles. The van der Waals surface area contributed by atoms with Crippen molar-refractivity contribution in [3.05, 3.63) is 18.2 Å². The second-order valence-electron chi connectivity index (χ2n) is 8.48. The highest BCUT2D eigenvalue weighted by Crippen LogP contribution is 2.36. The van der Waals surface area contributed by atoms with E-state index in [1.54, 1.807) is 0 Å². The molecule has 2 heterocycles. The Morgan fingerprint density at radius 1 is 1.14 bits per heavy atom. The van der Waals surface area contributed by atoms with Crippen LogP contribution in [0.4, 0.5) is 18.9 Å². The molecule has 15 heteroatoms. The minimum Gasteiger partial charge on any atom is -0.493 e. The van der Waals surface area contributed by atoms with Gasteiger partial charge in [0, 0.05) is 39.1 Å². The number of sulfonamides is 1. The molecule has 0 aliphatic carbocycles. The topological polar surface area (TPSA) is 142 Å². The van der Waals surface area contributed by atoms with E-state index in [2.05, 4.69) is 0 Å². The van der Waals surface area contributed by atoms with Crippen LogP contribution in [0.1, 0.15) is 19.3 Å². The van der Waals surface area contributed by atoms with Gasteiger partial charge in [-0.15, -0.1) is 0 Å². The first-order valence-corrected chi connectivity index (χ1v) is 12.7. The summed E-state index contributed by atoms with van der Waals surface area (Å²) < 4.78 is 71.6. The number of nitrogens with zero attached hydrogens (tertiary/aromatic N) is 3. The van der Waals surface area contributed by atoms with E-state index in [0.29, 0.717) is 19.4 Å². The van der Waals surface area contributed by atoms with Crippen molar-refractivity contribution < 1.29 is 40.7 Å². The van der Waals surface area contributed by atoms with E-state index in [1.165, 1.54) is 30.2 Å². The average molecular weight is 536 g/mol.